The predicted octanol–water partition coefficient (Wildman–Crippen LogP) is 2.14. The molecule has 20 heavy (non-hydrogen) atoms. The van der Waals surface area contributed by atoms with E-state index in [1.165, 1.54) is 7.11 Å². The van der Waals surface area contributed by atoms with Crippen LogP contribution in [0.25, 0.3) is 0 Å². The molecule has 0 aliphatic carbocycles. The number of aromatic nitrogens is 1. The van der Waals surface area contributed by atoms with Crippen molar-refractivity contribution < 1.29 is 9.53 Å². The van der Waals surface area contributed by atoms with E-state index in [9.17, 15) is 4.79 Å². The second-order valence-electron chi connectivity index (χ2n) is 4.53. The lowest BCUT2D eigenvalue weighted by Gasteiger charge is -2.18. The molecule has 0 fully saturated rings. The van der Waals surface area contributed by atoms with Gasteiger partial charge in [0.25, 0.3) is 0 Å². The van der Waals surface area contributed by atoms with Crippen LogP contribution < -0.4 is 5.73 Å². The lowest BCUT2D eigenvalue weighted by Crippen LogP contribution is -2.20. The molecule has 0 atom stereocenters. The standard InChI is InChI=1S/C14H17N3O2S/c1-17(7-11-8-20-9-16-11)6-10-4-3-5-12(15)13(10)14(18)19-2/h3-5,8-9H,6-7,15H2,1-2H3. The molecule has 2 rings (SSSR count). The number of carbonyl (C=O) groups excluding carboxylic acids is 1. The summed E-state index contributed by atoms with van der Waals surface area (Å²) in [5, 5.41) is 2.01. The summed E-state index contributed by atoms with van der Waals surface area (Å²) in [6.45, 7) is 1.33. The quantitative estimate of drug-likeness (QED) is 0.675. The van der Waals surface area contributed by atoms with Gasteiger partial charge in [-0.3, -0.25) is 4.90 Å². The van der Waals surface area contributed by atoms with Crippen LogP contribution in [0.2, 0.25) is 0 Å². The Bertz CT molecular complexity index is 584. The molecule has 6 heteroatoms. The van der Waals surface area contributed by atoms with Gasteiger partial charge in [0.05, 0.1) is 23.9 Å². The molecule has 0 aliphatic heterocycles. The lowest BCUT2D eigenvalue weighted by atomic mass is 10.0. The van der Waals surface area contributed by atoms with Crippen LogP contribution in [0, 0.1) is 0 Å². The van der Waals surface area contributed by atoms with Gasteiger partial charge in [-0.2, -0.15) is 0 Å². The number of thiazole rings is 1. The Morgan fingerprint density at radius 1 is 1.45 bits per heavy atom. The number of ether oxygens (including phenoxy) is 1. The second kappa shape index (κ2) is 6.49. The maximum absolute atomic E-state index is 11.8. The highest BCUT2D eigenvalue weighted by Gasteiger charge is 2.16. The van der Waals surface area contributed by atoms with Crippen molar-refractivity contribution in [3.05, 3.63) is 45.9 Å². The van der Waals surface area contributed by atoms with Gasteiger partial charge in [0.2, 0.25) is 0 Å². The fourth-order valence-electron chi connectivity index (χ4n) is 2.04. The Balaban J connectivity index is 2.16. The summed E-state index contributed by atoms with van der Waals surface area (Å²) in [7, 11) is 3.33. The van der Waals surface area contributed by atoms with Crippen molar-refractivity contribution in [3.8, 4) is 0 Å². The average Bonchev–Trinajstić information content (AvgIpc) is 2.91. The summed E-state index contributed by atoms with van der Waals surface area (Å²) in [6, 6.07) is 5.43. The molecule has 0 amide bonds. The zero-order valence-corrected chi connectivity index (χ0v) is 12.3. The Morgan fingerprint density at radius 2 is 2.25 bits per heavy atom. The molecule has 0 spiro atoms. The first-order valence-corrected chi connectivity index (χ1v) is 7.07. The minimum absolute atomic E-state index is 0.403. The third kappa shape index (κ3) is 3.34. The summed E-state index contributed by atoms with van der Waals surface area (Å²) in [5.74, 6) is -0.403. The highest BCUT2D eigenvalue weighted by atomic mass is 32.1. The van der Waals surface area contributed by atoms with Crippen LogP contribution in [0.15, 0.2) is 29.1 Å². The largest absolute Gasteiger partial charge is 0.465 e. The van der Waals surface area contributed by atoms with Crippen molar-refractivity contribution in [1.82, 2.24) is 9.88 Å². The van der Waals surface area contributed by atoms with Crippen molar-refractivity contribution in [2.45, 2.75) is 13.1 Å². The Morgan fingerprint density at radius 3 is 2.90 bits per heavy atom. The van der Waals surface area contributed by atoms with Crippen LogP contribution in [0.4, 0.5) is 5.69 Å². The Kier molecular flexibility index (Phi) is 4.70. The summed E-state index contributed by atoms with van der Waals surface area (Å²) >= 11 is 1.57. The van der Waals surface area contributed by atoms with Crippen molar-refractivity contribution in [2.75, 3.05) is 19.9 Å². The van der Waals surface area contributed by atoms with E-state index in [0.29, 0.717) is 17.8 Å². The van der Waals surface area contributed by atoms with Gasteiger partial charge < -0.3 is 10.5 Å². The number of benzene rings is 1. The smallest absolute Gasteiger partial charge is 0.340 e. The summed E-state index contributed by atoms with van der Waals surface area (Å²) in [4.78, 5) is 18.2. The maximum Gasteiger partial charge on any atom is 0.340 e. The monoisotopic (exact) mass is 291 g/mol. The van der Waals surface area contributed by atoms with Crippen LogP contribution >= 0.6 is 11.3 Å². The fourth-order valence-corrected chi connectivity index (χ4v) is 2.59. The van der Waals surface area contributed by atoms with Crippen molar-refractivity contribution in [3.63, 3.8) is 0 Å². The number of methoxy groups -OCH3 is 1. The van der Waals surface area contributed by atoms with Gasteiger partial charge in [0.1, 0.15) is 0 Å². The number of carbonyl (C=O) groups is 1. The molecule has 2 N–H and O–H groups in total. The van der Waals surface area contributed by atoms with E-state index in [1.54, 1.807) is 17.4 Å². The summed E-state index contributed by atoms with van der Waals surface area (Å²) < 4.78 is 4.80. The number of nitrogens with two attached hydrogens (primary N) is 1. The Hall–Kier alpha value is -1.92. The SMILES string of the molecule is COC(=O)c1c(N)cccc1CN(C)Cc1cscn1. The molecule has 1 aromatic carbocycles. The first-order chi connectivity index (χ1) is 9.61. The molecule has 1 aromatic heterocycles. The van der Waals surface area contributed by atoms with Crippen LogP contribution in [0.3, 0.4) is 0 Å². The zero-order valence-electron chi connectivity index (χ0n) is 11.5. The highest BCUT2D eigenvalue weighted by molar-refractivity contribution is 7.07. The molecular formula is C14H17N3O2S. The van der Waals surface area contributed by atoms with Gasteiger partial charge >= 0.3 is 5.97 Å². The van der Waals surface area contributed by atoms with Gasteiger partial charge in [-0.1, -0.05) is 12.1 Å². The third-order valence-corrected chi connectivity index (χ3v) is 3.56. The van der Waals surface area contributed by atoms with E-state index < -0.39 is 5.97 Å². The van der Waals surface area contributed by atoms with E-state index >= 15 is 0 Å². The zero-order chi connectivity index (χ0) is 14.5. The molecule has 0 radical (unpaired) electrons. The fraction of sp³-hybridized carbons (Fsp3) is 0.286. The van der Waals surface area contributed by atoms with Crippen LogP contribution in [0.5, 0.6) is 0 Å². The minimum atomic E-state index is -0.403. The normalized spacial score (nSPS) is 10.8. The molecule has 0 unspecified atom stereocenters. The van der Waals surface area contributed by atoms with E-state index in [4.69, 9.17) is 10.5 Å². The van der Waals surface area contributed by atoms with E-state index in [-0.39, 0.29) is 0 Å². The molecule has 106 valence electrons. The van der Waals surface area contributed by atoms with Gasteiger partial charge in [-0.15, -0.1) is 11.3 Å². The number of nitrogens with zero attached hydrogens (tertiary/aromatic N) is 2. The topological polar surface area (TPSA) is 68.5 Å². The Labute approximate surface area is 122 Å². The molecule has 0 saturated carbocycles. The van der Waals surface area contributed by atoms with Crippen LogP contribution in [0.1, 0.15) is 21.6 Å². The van der Waals surface area contributed by atoms with Crippen LogP contribution in [-0.2, 0) is 17.8 Å². The van der Waals surface area contributed by atoms with Gasteiger partial charge in [0.15, 0.2) is 0 Å². The summed E-state index contributed by atoms with van der Waals surface area (Å²) in [5.41, 5.74) is 10.4. The van der Waals surface area contributed by atoms with E-state index in [2.05, 4.69) is 9.88 Å². The first kappa shape index (κ1) is 14.5. The number of nitrogen functional groups attached to an aromatic ring is 1. The maximum atomic E-state index is 11.8. The molecular weight excluding hydrogens is 274 g/mol. The molecule has 0 saturated heterocycles. The third-order valence-electron chi connectivity index (χ3n) is 2.93. The van der Waals surface area contributed by atoms with Crippen molar-refractivity contribution in [2.24, 2.45) is 0 Å². The predicted molar refractivity (Wildman–Crippen MR) is 79.5 cm³/mol. The van der Waals surface area contributed by atoms with Crippen LogP contribution in [-0.4, -0.2) is 30.0 Å². The number of anilines is 1. The first-order valence-electron chi connectivity index (χ1n) is 6.13. The van der Waals surface area contributed by atoms with Gasteiger partial charge in [-0.25, -0.2) is 9.78 Å². The second-order valence-corrected chi connectivity index (χ2v) is 5.24. The van der Waals surface area contributed by atoms with E-state index in [1.807, 2.05) is 30.1 Å². The van der Waals surface area contributed by atoms with Gasteiger partial charge in [-0.05, 0) is 18.7 Å². The lowest BCUT2D eigenvalue weighted by molar-refractivity contribution is 0.0599. The van der Waals surface area contributed by atoms with Crippen molar-refractivity contribution >= 4 is 23.0 Å². The number of rotatable bonds is 5. The summed E-state index contributed by atoms with van der Waals surface area (Å²) in [6.07, 6.45) is 0. The number of hydrogen-bond donors (Lipinski definition) is 1. The van der Waals surface area contributed by atoms with E-state index in [0.717, 1.165) is 17.8 Å². The minimum Gasteiger partial charge on any atom is -0.465 e. The molecule has 1 heterocycles. The molecule has 0 aliphatic rings. The number of hydrogen-bond acceptors (Lipinski definition) is 6. The molecule has 0 bridgehead atoms. The molecule has 2 aromatic rings. The average molecular weight is 291 g/mol. The molecule has 5 nitrogen and oxygen atoms in total. The number of esters is 1. The highest BCUT2D eigenvalue weighted by Crippen LogP contribution is 2.20. The van der Waals surface area contributed by atoms with Crippen molar-refractivity contribution in [1.29, 1.82) is 0 Å². The van der Waals surface area contributed by atoms with Gasteiger partial charge in [0, 0.05) is 24.2 Å².